The van der Waals surface area contributed by atoms with Crippen molar-refractivity contribution < 1.29 is 4.79 Å². The van der Waals surface area contributed by atoms with Crippen LogP contribution in [0.15, 0.2) is 55.0 Å². The van der Waals surface area contributed by atoms with E-state index in [1.165, 1.54) is 0 Å². The van der Waals surface area contributed by atoms with E-state index in [0.29, 0.717) is 17.3 Å². The number of carbonyl (C=O) groups excluding carboxylic acids is 1. The van der Waals surface area contributed by atoms with Crippen molar-refractivity contribution in [3.05, 3.63) is 71.3 Å². The number of carbonyl (C=O) groups is 1. The van der Waals surface area contributed by atoms with Crippen LogP contribution in [-0.4, -0.2) is 25.9 Å². The first kappa shape index (κ1) is 17.7. The Morgan fingerprint density at radius 2 is 1.81 bits per heavy atom. The summed E-state index contributed by atoms with van der Waals surface area (Å²) in [6.07, 6.45) is 9.03. The minimum absolute atomic E-state index is 0.0424. The number of aromatic nitrogens is 4. The van der Waals surface area contributed by atoms with E-state index in [2.05, 4.69) is 20.6 Å². The first-order valence-corrected chi connectivity index (χ1v) is 9.41. The number of nitrogens with one attached hydrogen (secondary N) is 1. The summed E-state index contributed by atoms with van der Waals surface area (Å²) >= 11 is 6.02. The van der Waals surface area contributed by atoms with Crippen molar-refractivity contribution in [3.63, 3.8) is 0 Å². The highest BCUT2D eigenvalue weighted by Gasteiger charge is 2.42. The molecular weight excluding hydrogens is 362 g/mol. The zero-order valence-corrected chi connectivity index (χ0v) is 15.6. The predicted octanol–water partition coefficient (Wildman–Crippen LogP) is 3.44. The van der Waals surface area contributed by atoms with Crippen molar-refractivity contribution in [1.82, 2.24) is 25.3 Å². The maximum absolute atomic E-state index is 13.1. The maximum atomic E-state index is 13.1. The standard InChI is InChI=1S/C20H20ClN5O/c21-16-5-3-15(4-6-16)20(9-1-2-10-20)19(27)23-13-17-14-26(25-24-17)18-7-11-22-12-8-18/h3-8,11-12,14H,1-2,9-10,13H2,(H,23,27). The van der Waals surface area contributed by atoms with Gasteiger partial charge in [0.15, 0.2) is 0 Å². The lowest BCUT2D eigenvalue weighted by Crippen LogP contribution is -2.42. The van der Waals surface area contributed by atoms with E-state index in [1.54, 1.807) is 17.1 Å². The molecule has 6 nitrogen and oxygen atoms in total. The fourth-order valence-electron chi connectivity index (χ4n) is 3.74. The Hall–Kier alpha value is -2.73. The van der Waals surface area contributed by atoms with E-state index in [9.17, 15) is 4.79 Å². The van der Waals surface area contributed by atoms with E-state index in [4.69, 9.17) is 11.6 Å². The molecule has 0 unspecified atom stereocenters. The Kier molecular flexibility index (Phi) is 4.90. The monoisotopic (exact) mass is 381 g/mol. The zero-order chi connectivity index (χ0) is 18.7. The topological polar surface area (TPSA) is 72.7 Å². The van der Waals surface area contributed by atoms with Crippen molar-refractivity contribution in [3.8, 4) is 5.69 Å². The molecule has 0 atom stereocenters. The number of rotatable bonds is 5. The average Bonchev–Trinajstić information content (AvgIpc) is 3.38. The van der Waals surface area contributed by atoms with E-state index in [0.717, 1.165) is 36.9 Å². The molecule has 1 amide bonds. The van der Waals surface area contributed by atoms with Gasteiger partial charge in [0, 0.05) is 17.4 Å². The summed E-state index contributed by atoms with van der Waals surface area (Å²) in [4.78, 5) is 17.1. The van der Waals surface area contributed by atoms with Gasteiger partial charge < -0.3 is 5.32 Å². The van der Waals surface area contributed by atoms with Crippen LogP contribution in [0.3, 0.4) is 0 Å². The predicted molar refractivity (Wildman–Crippen MR) is 103 cm³/mol. The smallest absolute Gasteiger partial charge is 0.230 e. The Balaban J connectivity index is 1.48. The summed E-state index contributed by atoms with van der Waals surface area (Å²) in [5.41, 5.74) is 2.14. The van der Waals surface area contributed by atoms with Gasteiger partial charge in [0.2, 0.25) is 5.91 Å². The third-order valence-electron chi connectivity index (χ3n) is 5.19. The average molecular weight is 382 g/mol. The lowest BCUT2D eigenvalue weighted by molar-refractivity contribution is -0.126. The Morgan fingerprint density at radius 1 is 1.11 bits per heavy atom. The lowest BCUT2D eigenvalue weighted by Gasteiger charge is -2.28. The number of hydrogen-bond acceptors (Lipinski definition) is 4. The molecular formula is C20H20ClN5O. The van der Waals surface area contributed by atoms with E-state index in [1.807, 2.05) is 42.6 Å². The molecule has 7 heteroatoms. The number of amides is 1. The highest BCUT2D eigenvalue weighted by molar-refractivity contribution is 6.30. The number of hydrogen-bond donors (Lipinski definition) is 1. The molecule has 0 radical (unpaired) electrons. The van der Waals surface area contributed by atoms with Gasteiger partial charge in [-0.2, -0.15) is 0 Å². The summed E-state index contributed by atoms with van der Waals surface area (Å²) in [6.45, 7) is 0.346. The summed E-state index contributed by atoms with van der Waals surface area (Å²) in [7, 11) is 0. The van der Waals surface area contributed by atoms with Gasteiger partial charge in [0.05, 0.1) is 23.8 Å². The maximum Gasteiger partial charge on any atom is 0.230 e. The van der Waals surface area contributed by atoms with Crippen molar-refractivity contribution >= 4 is 17.5 Å². The molecule has 1 aromatic carbocycles. The Morgan fingerprint density at radius 3 is 2.52 bits per heavy atom. The molecule has 1 N–H and O–H groups in total. The van der Waals surface area contributed by atoms with Crippen LogP contribution in [0.2, 0.25) is 5.02 Å². The molecule has 1 saturated carbocycles. The lowest BCUT2D eigenvalue weighted by atomic mass is 9.78. The molecule has 27 heavy (non-hydrogen) atoms. The molecule has 138 valence electrons. The van der Waals surface area contributed by atoms with Crippen LogP contribution in [0, 0.1) is 0 Å². The van der Waals surface area contributed by atoms with Gasteiger partial charge in [0.1, 0.15) is 5.69 Å². The molecule has 2 heterocycles. The number of halogens is 1. The fraction of sp³-hybridized carbons (Fsp3) is 0.300. The van der Waals surface area contributed by atoms with Crippen molar-refractivity contribution in [2.24, 2.45) is 0 Å². The molecule has 1 aliphatic carbocycles. The second-order valence-electron chi connectivity index (χ2n) is 6.84. The van der Waals surface area contributed by atoms with Crippen LogP contribution >= 0.6 is 11.6 Å². The largest absolute Gasteiger partial charge is 0.350 e. The summed E-state index contributed by atoms with van der Waals surface area (Å²) in [6, 6.07) is 11.3. The van der Waals surface area contributed by atoms with Crippen LogP contribution < -0.4 is 5.32 Å². The molecule has 0 bridgehead atoms. The van der Waals surface area contributed by atoms with Crippen LogP contribution in [0.4, 0.5) is 0 Å². The SMILES string of the molecule is O=C(NCc1cn(-c2ccncc2)nn1)C1(c2ccc(Cl)cc2)CCCC1. The molecule has 0 aliphatic heterocycles. The molecule has 0 saturated heterocycles. The highest BCUT2D eigenvalue weighted by atomic mass is 35.5. The van der Waals surface area contributed by atoms with Gasteiger partial charge in [-0.1, -0.05) is 41.8 Å². The summed E-state index contributed by atoms with van der Waals surface area (Å²) < 4.78 is 1.67. The van der Waals surface area contributed by atoms with Crippen molar-refractivity contribution in [1.29, 1.82) is 0 Å². The molecule has 4 rings (SSSR count). The van der Waals surface area contributed by atoms with Crippen LogP contribution in [0.25, 0.3) is 5.69 Å². The third kappa shape index (κ3) is 3.57. The second-order valence-corrected chi connectivity index (χ2v) is 7.28. The van der Waals surface area contributed by atoms with Crippen molar-refractivity contribution in [2.75, 3.05) is 0 Å². The fourth-order valence-corrected chi connectivity index (χ4v) is 3.86. The minimum atomic E-state index is -0.480. The molecule has 2 aromatic heterocycles. The van der Waals surface area contributed by atoms with E-state index < -0.39 is 5.41 Å². The third-order valence-corrected chi connectivity index (χ3v) is 5.44. The van der Waals surface area contributed by atoms with Gasteiger partial charge in [-0.05, 0) is 42.7 Å². The first-order valence-electron chi connectivity index (χ1n) is 9.03. The number of nitrogens with zero attached hydrogens (tertiary/aromatic N) is 4. The molecule has 3 aromatic rings. The Labute approximate surface area is 162 Å². The van der Waals surface area contributed by atoms with Crippen LogP contribution in [0.1, 0.15) is 36.9 Å². The summed E-state index contributed by atoms with van der Waals surface area (Å²) in [5, 5.41) is 12.0. The van der Waals surface area contributed by atoms with Crippen molar-refractivity contribution in [2.45, 2.75) is 37.6 Å². The Bertz CT molecular complexity index is 917. The quantitative estimate of drug-likeness (QED) is 0.734. The van der Waals surface area contributed by atoms with Crippen LogP contribution in [0.5, 0.6) is 0 Å². The minimum Gasteiger partial charge on any atom is -0.350 e. The van der Waals surface area contributed by atoms with Crippen LogP contribution in [-0.2, 0) is 16.8 Å². The highest BCUT2D eigenvalue weighted by Crippen LogP contribution is 2.41. The van der Waals surface area contributed by atoms with E-state index in [-0.39, 0.29) is 5.91 Å². The normalized spacial score (nSPS) is 15.6. The first-order chi connectivity index (χ1) is 13.2. The van der Waals surface area contributed by atoms with Gasteiger partial charge in [-0.25, -0.2) is 4.68 Å². The second kappa shape index (κ2) is 7.48. The summed E-state index contributed by atoms with van der Waals surface area (Å²) in [5.74, 6) is 0.0424. The molecule has 1 aliphatic rings. The zero-order valence-electron chi connectivity index (χ0n) is 14.8. The number of benzene rings is 1. The van der Waals surface area contributed by atoms with E-state index >= 15 is 0 Å². The number of pyridine rings is 1. The van der Waals surface area contributed by atoms with Gasteiger partial charge in [0.25, 0.3) is 0 Å². The van der Waals surface area contributed by atoms with Gasteiger partial charge in [-0.3, -0.25) is 9.78 Å². The molecule has 1 fully saturated rings. The van der Waals surface area contributed by atoms with Gasteiger partial charge in [-0.15, -0.1) is 5.10 Å². The molecule has 0 spiro atoms. The van der Waals surface area contributed by atoms with Gasteiger partial charge >= 0.3 is 0 Å².